The Morgan fingerprint density at radius 2 is 1.80 bits per heavy atom. The largest absolute Gasteiger partial charge is 0.255 e. The van der Waals surface area contributed by atoms with E-state index < -0.39 is 0 Å². The Kier molecular flexibility index (Phi) is 4.63. The van der Waals surface area contributed by atoms with Gasteiger partial charge in [-0.25, -0.2) is 9.67 Å². The van der Waals surface area contributed by atoms with Gasteiger partial charge in [0.05, 0.1) is 28.2 Å². The fourth-order valence-corrected chi connectivity index (χ4v) is 3.91. The van der Waals surface area contributed by atoms with Crippen LogP contribution in [-0.2, 0) is 0 Å². The summed E-state index contributed by atoms with van der Waals surface area (Å²) in [6.07, 6.45) is 3.52. The molecule has 3 heterocycles. The topological polar surface area (TPSA) is 42.5 Å². The number of nitrogens with zero attached hydrogens (tertiary/aromatic N) is 4. The Balaban J connectivity index is 1.83. The van der Waals surface area contributed by atoms with Crippen molar-refractivity contribution in [2.75, 3.05) is 0 Å². The van der Waals surface area contributed by atoms with Crippen molar-refractivity contribution in [1.29, 1.82) is 0 Å². The molecule has 4 rings (SSSR count). The maximum atomic E-state index is 4.74. The van der Waals surface area contributed by atoms with Gasteiger partial charge in [-0.15, -0.1) is 22.7 Å². The first kappa shape index (κ1) is 15.7. The summed E-state index contributed by atoms with van der Waals surface area (Å²) in [7, 11) is 0. The molecule has 4 aromatic rings. The Morgan fingerprint density at radius 1 is 0.920 bits per heavy atom. The summed E-state index contributed by atoms with van der Waals surface area (Å²) in [5, 5.41) is 8.79. The van der Waals surface area contributed by atoms with Crippen molar-refractivity contribution in [2.24, 2.45) is 10.1 Å². The predicted molar refractivity (Wildman–Crippen MR) is 105 cm³/mol. The quantitative estimate of drug-likeness (QED) is 0.481. The number of thiazole rings is 1. The number of hydrogen-bond donors (Lipinski definition) is 0. The molecule has 0 fully saturated rings. The van der Waals surface area contributed by atoms with Crippen molar-refractivity contribution in [1.82, 2.24) is 9.66 Å². The molecule has 0 amide bonds. The van der Waals surface area contributed by atoms with E-state index in [9.17, 15) is 0 Å². The zero-order chi connectivity index (χ0) is 16.9. The molecule has 0 aliphatic rings. The number of hydrogen-bond acceptors (Lipinski definition) is 5. The molecule has 6 heteroatoms. The molecule has 0 unspecified atom stereocenters. The van der Waals surface area contributed by atoms with Crippen LogP contribution in [0.5, 0.6) is 0 Å². The summed E-state index contributed by atoms with van der Waals surface area (Å²) >= 11 is 3.26. The first-order valence-electron chi connectivity index (χ1n) is 7.70. The molecule has 25 heavy (non-hydrogen) atoms. The third-order valence-corrected chi connectivity index (χ3v) is 5.14. The van der Waals surface area contributed by atoms with Crippen LogP contribution in [0.15, 0.2) is 87.7 Å². The van der Waals surface area contributed by atoms with Crippen LogP contribution in [0.25, 0.3) is 10.6 Å². The van der Waals surface area contributed by atoms with E-state index in [0.29, 0.717) is 0 Å². The average molecular weight is 362 g/mol. The summed E-state index contributed by atoms with van der Waals surface area (Å²) in [4.78, 5) is 11.0. The normalized spacial score (nSPS) is 12.1. The molecule has 0 saturated heterocycles. The highest BCUT2D eigenvalue weighted by Crippen LogP contribution is 2.25. The van der Waals surface area contributed by atoms with Gasteiger partial charge in [0.25, 0.3) is 0 Å². The Hall–Kier alpha value is -2.83. The van der Waals surface area contributed by atoms with Gasteiger partial charge in [-0.2, -0.15) is 5.10 Å². The number of para-hydroxylation sites is 1. The minimum Gasteiger partial charge on any atom is -0.255 e. The van der Waals surface area contributed by atoms with Gasteiger partial charge in [-0.1, -0.05) is 30.3 Å². The smallest absolute Gasteiger partial charge is 0.211 e. The molecule has 0 aliphatic heterocycles. The lowest BCUT2D eigenvalue weighted by atomic mass is 10.3. The lowest BCUT2D eigenvalue weighted by Gasteiger charge is -2.01. The maximum absolute atomic E-state index is 4.74. The lowest BCUT2D eigenvalue weighted by molar-refractivity contribution is 0.855. The number of benzene rings is 1. The van der Waals surface area contributed by atoms with Crippen molar-refractivity contribution in [3.05, 3.63) is 88.1 Å². The van der Waals surface area contributed by atoms with E-state index in [4.69, 9.17) is 4.99 Å². The molecule has 0 radical (unpaired) electrons. The predicted octanol–water partition coefficient (Wildman–Crippen LogP) is 4.79. The van der Waals surface area contributed by atoms with Crippen LogP contribution in [0.3, 0.4) is 0 Å². The van der Waals surface area contributed by atoms with E-state index >= 15 is 0 Å². The van der Waals surface area contributed by atoms with Crippen LogP contribution >= 0.6 is 22.7 Å². The van der Waals surface area contributed by atoms with E-state index in [2.05, 4.69) is 26.9 Å². The summed E-state index contributed by atoms with van der Waals surface area (Å²) < 4.78 is 1.87. The van der Waals surface area contributed by atoms with Crippen LogP contribution in [0.2, 0.25) is 0 Å². The van der Waals surface area contributed by atoms with Gasteiger partial charge in [0.1, 0.15) is 0 Å². The monoisotopic (exact) mass is 362 g/mol. The zero-order valence-electron chi connectivity index (χ0n) is 13.2. The van der Waals surface area contributed by atoms with E-state index in [0.717, 1.165) is 26.8 Å². The molecule has 0 bridgehead atoms. The number of thiophene rings is 1. The van der Waals surface area contributed by atoms with Gasteiger partial charge in [0.2, 0.25) is 4.80 Å². The number of rotatable bonds is 4. The average Bonchev–Trinajstić information content (AvgIpc) is 3.31. The molecule has 0 saturated carbocycles. The highest BCUT2D eigenvalue weighted by atomic mass is 32.1. The summed E-state index contributed by atoms with van der Waals surface area (Å²) in [6, 6.07) is 19.8. The molecule has 122 valence electrons. The van der Waals surface area contributed by atoms with Crippen LogP contribution in [0, 0.1) is 0 Å². The molecule has 0 aliphatic carbocycles. The number of pyridine rings is 1. The van der Waals surface area contributed by atoms with Crippen molar-refractivity contribution in [3.8, 4) is 10.6 Å². The Bertz CT molecular complexity index is 1030. The zero-order valence-corrected chi connectivity index (χ0v) is 14.8. The summed E-state index contributed by atoms with van der Waals surface area (Å²) in [5.74, 6) is 0. The highest BCUT2D eigenvalue weighted by Gasteiger charge is 2.08. The first-order valence-corrected chi connectivity index (χ1v) is 9.46. The highest BCUT2D eigenvalue weighted by molar-refractivity contribution is 7.14. The van der Waals surface area contributed by atoms with Crippen molar-refractivity contribution < 1.29 is 0 Å². The maximum Gasteiger partial charge on any atom is 0.211 e. The van der Waals surface area contributed by atoms with Gasteiger partial charge in [-0.3, -0.25) is 4.98 Å². The molecule has 1 aromatic carbocycles. The second-order valence-electron chi connectivity index (χ2n) is 5.14. The minimum atomic E-state index is 0.809. The standard InChI is InChI=1S/C19H14N4S2/c1-2-7-15(8-3-1)22-19-23(21-13-16-9-4-5-11-20-16)17(14-25-19)18-10-6-12-24-18/h1-14H. The molecule has 0 atom stereocenters. The SMILES string of the molecule is C(=Nn1c(-c2cccs2)csc1=Nc1ccccc1)c1ccccn1. The van der Waals surface area contributed by atoms with E-state index in [-0.39, 0.29) is 0 Å². The number of aromatic nitrogens is 2. The third kappa shape index (κ3) is 3.65. The van der Waals surface area contributed by atoms with Gasteiger partial charge in [0, 0.05) is 11.6 Å². The lowest BCUT2D eigenvalue weighted by Crippen LogP contribution is -2.11. The second kappa shape index (κ2) is 7.38. The molecule has 4 nitrogen and oxygen atoms in total. The van der Waals surface area contributed by atoms with E-state index in [1.165, 1.54) is 0 Å². The van der Waals surface area contributed by atoms with Crippen LogP contribution in [-0.4, -0.2) is 15.9 Å². The second-order valence-corrected chi connectivity index (χ2v) is 6.92. The van der Waals surface area contributed by atoms with Gasteiger partial charge >= 0.3 is 0 Å². The Morgan fingerprint density at radius 3 is 2.56 bits per heavy atom. The fourth-order valence-electron chi connectivity index (χ4n) is 2.27. The van der Waals surface area contributed by atoms with Crippen molar-refractivity contribution in [3.63, 3.8) is 0 Å². The van der Waals surface area contributed by atoms with E-state index in [1.54, 1.807) is 35.1 Å². The third-order valence-electron chi connectivity index (χ3n) is 3.43. The molecule has 0 spiro atoms. The van der Waals surface area contributed by atoms with Gasteiger partial charge in [-0.05, 0) is 35.7 Å². The molecule has 3 aromatic heterocycles. The van der Waals surface area contributed by atoms with Crippen molar-refractivity contribution >= 4 is 34.6 Å². The summed E-state index contributed by atoms with van der Waals surface area (Å²) in [6.45, 7) is 0. The van der Waals surface area contributed by atoms with Crippen molar-refractivity contribution in [2.45, 2.75) is 0 Å². The van der Waals surface area contributed by atoms with Crippen LogP contribution in [0.4, 0.5) is 5.69 Å². The van der Waals surface area contributed by atoms with Crippen LogP contribution in [0.1, 0.15) is 5.69 Å². The van der Waals surface area contributed by atoms with Crippen LogP contribution < -0.4 is 4.80 Å². The minimum absolute atomic E-state index is 0.809. The first-order chi connectivity index (χ1) is 12.4. The summed E-state index contributed by atoms with van der Waals surface area (Å²) in [5.41, 5.74) is 2.75. The fraction of sp³-hybridized carbons (Fsp3) is 0. The van der Waals surface area contributed by atoms with Gasteiger partial charge in [0.15, 0.2) is 0 Å². The van der Waals surface area contributed by atoms with Gasteiger partial charge < -0.3 is 0 Å². The molecule has 0 N–H and O–H groups in total. The molecular weight excluding hydrogens is 348 g/mol. The molecular formula is C19H14N4S2. The Labute approximate surface area is 153 Å². The van der Waals surface area contributed by atoms with E-state index in [1.807, 2.05) is 59.3 Å².